The Bertz CT molecular complexity index is 3060. The van der Waals surface area contributed by atoms with E-state index in [0.29, 0.717) is 80.7 Å². The number of benzene rings is 3. The van der Waals surface area contributed by atoms with Gasteiger partial charge in [0, 0.05) is 6.07 Å². The molecular weight excluding hydrogens is 919 g/mol. The first-order valence-electron chi connectivity index (χ1n) is 20.0. The van der Waals surface area contributed by atoms with E-state index in [1.165, 1.54) is 18.2 Å². The zero-order valence-corrected chi connectivity index (χ0v) is 38.4. The molecule has 0 unspecified atom stereocenters. The van der Waals surface area contributed by atoms with Gasteiger partial charge in [0.25, 0.3) is 0 Å². The van der Waals surface area contributed by atoms with Crippen molar-refractivity contribution in [2.45, 2.75) is 68.8 Å². The van der Waals surface area contributed by atoms with Gasteiger partial charge in [-0.3, -0.25) is 0 Å². The Morgan fingerprint density at radius 1 is 0.537 bits per heavy atom. The Morgan fingerprint density at radius 3 is 1.54 bits per heavy atom. The molecule has 0 spiro atoms. The summed E-state index contributed by atoms with van der Waals surface area (Å²) >= 11 is 18.0. The minimum absolute atomic E-state index is 0. The third-order valence-electron chi connectivity index (χ3n) is 10.6. The van der Waals surface area contributed by atoms with Crippen LogP contribution in [0.4, 0.5) is 0 Å². The Hall–Kier alpha value is -6.20. The number of aromatic nitrogens is 3. The van der Waals surface area contributed by atoms with Crippen molar-refractivity contribution < 1.29 is 43.2 Å². The molecule has 0 radical (unpaired) electrons. The van der Waals surface area contributed by atoms with Crippen LogP contribution >= 0.6 is 34.8 Å². The van der Waals surface area contributed by atoms with Gasteiger partial charge in [-0.25, -0.2) is 15.0 Å². The van der Waals surface area contributed by atoms with Crippen molar-refractivity contribution in [1.82, 2.24) is 15.0 Å². The van der Waals surface area contributed by atoms with Gasteiger partial charge in [0.05, 0.1) is 57.5 Å². The first kappa shape index (κ1) is 50.2. The number of ether oxygens (including phenoxy) is 3. The van der Waals surface area contributed by atoms with Gasteiger partial charge >= 0.3 is 21.4 Å². The van der Waals surface area contributed by atoms with Gasteiger partial charge < -0.3 is 43.2 Å². The van der Waals surface area contributed by atoms with E-state index in [1.807, 2.05) is 45.0 Å². The molecular formula is C46H40B3Cl3N6O9. The molecule has 0 saturated heterocycles. The fourth-order valence-electron chi connectivity index (χ4n) is 7.25. The lowest BCUT2D eigenvalue weighted by Crippen LogP contribution is -2.30. The van der Waals surface area contributed by atoms with Crippen LogP contribution in [0.3, 0.4) is 0 Å². The van der Waals surface area contributed by atoms with Crippen LogP contribution < -0.4 is 30.6 Å². The second kappa shape index (κ2) is 21.2. The largest absolute Gasteiger partial charge is 0.492 e. The molecule has 6 heterocycles. The van der Waals surface area contributed by atoms with Crippen molar-refractivity contribution in [2.24, 2.45) is 0 Å². The van der Waals surface area contributed by atoms with Crippen LogP contribution in [0.1, 0.15) is 74.6 Å². The van der Waals surface area contributed by atoms with Gasteiger partial charge in [-0.1, -0.05) is 48.3 Å². The van der Waals surface area contributed by atoms with Crippen molar-refractivity contribution >= 4 is 72.5 Å². The minimum Gasteiger partial charge on any atom is -0.439 e. The van der Waals surface area contributed by atoms with Crippen molar-refractivity contribution in [1.29, 1.82) is 15.8 Å². The van der Waals surface area contributed by atoms with Crippen molar-refractivity contribution in [3.05, 3.63) is 137 Å². The third-order valence-corrected chi connectivity index (χ3v) is 11.9. The molecule has 6 aromatic rings. The maximum absolute atomic E-state index is 9.76. The van der Waals surface area contributed by atoms with Crippen LogP contribution in [0, 0.1) is 75.5 Å². The number of nitriles is 3. The SMILES string of the molecule is C.Cc1cc(Oc2cc(C#N)c(Cl)c(C)n2)cc2c1B(O)OC2.Cc1cc(Oc2nc(C)c(Cl)cc2C#N)cc2c1B(O)OC2.Cc1cc2c(cc1Oc1nc(C)c(Cl)cc1C#N)COB2O. The highest BCUT2D eigenvalue weighted by Crippen LogP contribution is 2.33. The highest BCUT2D eigenvalue weighted by molar-refractivity contribution is 6.62. The Morgan fingerprint density at radius 2 is 1.01 bits per heavy atom. The highest BCUT2D eigenvalue weighted by atomic mass is 35.5. The number of nitrogens with zero attached hydrogens (tertiary/aromatic N) is 6. The van der Waals surface area contributed by atoms with Crippen LogP contribution in [0.25, 0.3) is 0 Å². The predicted molar refractivity (Wildman–Crippen MR) is 254 cm³/mol. The normalized spacial score (nSPS) is 12.8. The molecule has 0 saturated carbocycles. The lowest BCUT2D eigenvalue weighted by Gasteiger charge is -2.12. The lowest BCUT2D eigenvalue weighted by molar-refractivity contribution is 0.274. The zero-order chi connectivity index (χ0) is 47.6. The van der Waals surface area contributed by atoms with Gasteiger partial charge in [0.2, 0.25) is 17.6 Å². The zero-order valence-electron chi connectivity index (χ0n) is 36.2. The Kier molecular flexibility index (Phi) is 15.9. The molecule has 3 aliphatic heterocycles. The van der Waals surface area contributed by atoms with Crippen LogP contribution in [0.15, 0.2) is 54.6 Å². The summed E-state index contributed by atoms with van der Waals surface area (Å²) < 4.78 is 32.9. The van der Waals surface area contributed by atoms with Gasteiger partial charge in [-0.2, -0.15) is 15.8 Å². The molecule has 3 aromatic carbocycles. The van der Waals surface area contributed by atoms with E-state index in [2.05, 4.69) is 15.0 Å². The van der Waals surface area contributed by atoms with Crippen LogP contribution in [0.5, 0.6) is 34.9 Å². The van der Waals surface area contributed by atoms with Crippen molar-refractivity contribution in [2.75, 3.05) is 0 Å². The smallest absolute Gasteiger partial charge is 0.439 e. The van der Waals surface area contributed by atoms with E-state index in [4.69, 9.17) is 68.2 Å². The highest BCUT2D eigenvalue weighted by Gasteiger charge is 2.32. The summed E-state index contributed by atoms with van der Waals surface area (Å²) in [5.74, 6) is 2.42. The summed E-state index contributed by atoms with van der Waals surface area (Å²) in [6.07, 6.45) is 0. The number of pyridine rings is 3. The number of fused-ring (bicyclic) bond motifs is 3. The summed E-state index contributed by atoms with van der Waals surface area (Å²) in [4.78, 5) is 12.7. The molecule has 3 aliphatic rings. The molecule has 338 valence electrons. The van der Waals surface area contributed by atoms with E-state index in [0.717, 1.165) is 49.8 Å². The summed E-state index contributed by atoms with van der Waals surface area (Å²) in [6.45, 7) is 11.8. The molecule has 0 amide bonds. The average Bonchev–Trinajstić information content (AvgIpc) is 3.97. The topological polar surface area (TPSA) is 226 Å². The Labute approximate surface area is 403 Å². The minimum atomic E-state index is -0.895. The second-order valence-corrected chi connectivity index (χ2v) is 16.5. The van der Waals surface area contributed by atoms with E-state index < -0.39 is 21.4 Å². The van der Waals surface area contributed by atoms with Crippen LogP contribution in [-0.2, 0) is 33.8 Å². The number of hydrogen-bond donors (Lipinski definition) is 3. The van der Waals surface area contributed by atoms with E-state index in [-0.39, 0.29) is 30.3 Å². The molecule has 0 aliphatic carbocycles. The van der Waals surface area contributed by atoms with Gasteiger partial charge in [-0.05, 0) is 134 Å². The fraction of sp³-hybridized carbons (Fsp3) is 0.217. The van der Waals surface area contributed by atoms with Crippen molar-refractivity contribution in [3.63, 3.8) is 0 Å². The van der Waals surface area contributed by atoms with Crippen molar-refractivity contribution in [3.8, 4) is 53.1 Å². The van der Waals surface area contributed by atoms with Gasteiger partial charge in [0.1, 0.15) is 46.6 Å². The quantitative estimate of drug-likeness (QED) is 0.139. The fourth-order valence-corrected chi connectivity index (χ4v) is 7.69. The molecule has 3 aromatic heterocycles. The Balaban J connectivity index is 0.000000165. The van der Waals surface area contributed by atoms with Crippen LogP contribution in [0.2, 0.25) is 15.1 Å². The number of rotatable bonds is 6. The van der Waals surface area contributed by atoms with E-state index in [1.54, 1.807) is 51.1 Å². The maximum atomic E-state index is 9.76. The lowest BCUT2D eigenvalue weighted by atomic mass is 9.76. The molecule has 9 rings (SSSR count). The first-order chi connectivity index (χ1) is 31.5. The summed E-state index contributed by atoms with van der Waals surface area (Å²) in [6, 6.07) is 21.4. The van der Waals surface area contributed by atoms with Crippen LogP contribution in [-0.4, -0.2) is 51.4 Å². The van der Waals surface area contributed by atoms with Gasteiger partial charge in [-0.15, -0.1) is 0 Å². The monoisotopic (exact) mass is 958 g/mol. The van der Waals surface area contributed by atoms with Gasteiger partial charge in [0.15, 0.2) is 0 Å². The molecule has 21 heteroatoms. The average molecular weight is 960 g/mol. The van der Waals surface area contributed by atoms with E-state index >= 15 is 0 Å². The standard InChI is InChI=1S/3C15H12BClN2O3.CH4/c1-8-3-12(4-11-7-21-16(20)14(8)11)22-13-5-10(6-18)15(17)9(2)19-13;1-8-3-12(4-11-7-21-16(20)14(8)11)22-15-10(6-18)5-13(17)9(2)19-15;1-8-3-12-11(7-21-16(12)20)5-14(8)22-15-10(6-18)4-13(17)9(2)19-15;/h3*3-5,20H,7H2,1-2H3;1H4. The molecule has 0 atom stereocenters. The molecule has 0 fully saturated rings. The summed E-state index contributed by atoms with van der Waals surface area (Å²) in [5.41, 5.74) is 10.0. The second-order valence-electron chi connectivity index (χ2n) is 15.3. The number of halogens is 3. The number of hydrogen-bond acceptors (Lipinski definition) is 15. The predicted octanol–water partition coefficient (Wildman–Crippen LogP) is 7.34. The molecule has 3 N–H and O–H groups in total. The summed E-state index contributed by atoms with van der Waals surface area (Å²) in [7, 11) is -2.67. The third kappa shape index (κ3) is 11.0. The molecule has 67 heavy (non-hydrogen) atoms. The van der Waals surface area contributed by atoms with E-state index in [9.17, 15) is 25.6 Å². The molecule has 15 nitrogen and oxygen atoms in total. The number of aryl methyl sites for hydroxylation is 6. The molecule has 0 bridgehead atoms. The summed E-state index contributed by atoms with van der Waals surface area (Å²) in [5, 5.41) is 57.8. The maximum Gasteiger partial charge on any atom is 0.492 e. The first-order valence-corrected chi connectivity index (χ1v) is 21.2.